The monoisotopic (exact) mass is 564 g/mol. The van der Waals surface area contributed by atoms with E-state index in [1.54, 1.807) is 14.2 Å². The molecule has 0 aliphatic carbocycles. The third-order valence-electron chi connectivity index (χ3n) is 6.58. The van der Waals surface area contributed by atoms with Crippen molar-refractivity contribution in [2.24, 2.45) is 0 Å². The van der Waals surface area contributed by atoms with Gasteiger partial charge in [0, 0.05) is 16.2 Å². The summed E-state index contributed by atoms with van der Waals surface area (Å²) in [5.41, 5.74) is 6.87. The summed E-state index contributed by atoms with van der Waals surface area (Å²) in [6.45, 7) is 0.624. The first kappa shape index (κ1) is 24.0. The van der Waals surface area contributed by atoms with Gasteiger partial charge in [0.25, 0.3) is 0 Å². The molecular formula is C31H25BrN4O2. The third-order valence-corrected chi connectivity index (χ3v) is 7.32. The maximum Gasteiger partial charge on any atom is 0.145 e. The maximum atomic E-state index is 5.41. The van der Waals surface area contributed by atoms with Gasteiger partial charge in [-0.25, -0.2) is 9.67 Å². The Morgan fingerprint density at radius 1 is 0.789 bits per heavy atom. The molecule has 0 N–H and O–H groups in total. The van der Waals surface area contributed by atoms with Crippen LogP contribution in [0.5, 0.6) is 11.5 Å². The third kappa shape index (κ3) is 4.46. The van der Waals surface area contributed by atoms with Gasteiger partial charge in [0.1, 0.15) is 23.0 Å². The number of nitrogens with zero attached hydrogens (tertiary/aromatic N) is 4. The number of fused-ring (bicyclic) bond motifs is 1. The number of hydrogen-bond acceptors (Lipinski definition) is 4. The lowest BCUT2D eigenvalue weighted by Crippen LogP contribution is -2.03. The molecule has 0 bridgehead atoms. The molecular weight excluding hydrogens is 540 g/mol. The van der Waals surface area contributed by atoms with Gasteiger partial charge < -0.3 is 14.0 Å². The van der Waals surface area contributed by atoms with E-state index in [2.05, 4.69) is 38.8 Å². The maximum absolute atomic E-state index is 5.41. The van der Waals surface area contributed by atoms with E-state index in [0.29, 0.717) is 6.54 Å². The van der Waals surface area contributed by atoms with Crippen LogP contribution < -0.4 is 9.47 Å². The Kier molecular flexibility index (Phi) is 6.43. The molecule has 0 amide bonds. The first-order valence-electron chi connectivity index (χ1n) is 12.2. The van der Waals surface area contributed by atoms with Crippen LogP contribution >= 0.6 is 15.9 Å². The zero-order valence-electron chi connectivity index (χ0n) is 21.0. The number of rotatable bonds is 7. The highest BCUT2D eigenvalue weighted by Crippen LogP contribution is 2.35. The van der Waals surface area contributed by atoms with Crippen molar-refractivity contribution in [2.75, 3.05) is 14.2 Å². The van der Waals surface area contributed by atoms with Crippen molar-refractivity contribution >= 4 is 27.0 Å². The molecule has 188 valence electrons. The number of para-hydroxylation sites is 3. The standard InChI is InChI=1S/C31H25BrN4O2/c1-37-24-15-12-21(13-16-24)30-26(20-36(34-30)23-8-4-3-5-9-23)31-33-28-10-6-7-11-29(28)35(31)19-22-14-17-25(38-2)18-27(22)32/h3-18,20H,19H2,1-2H3. The predicted molar refractivity (Wildman–Crippen MR) is 154 cm³/mol. The summed E-state index contributed by atoms with van der Waals surface area (Å²) >= 11 is 3.74. The smallest absolute Gasteiger partial charge is 0.145 e. The second kappa shape index (κ2) is 10.2. The van der Waals surface area contributed by atoms with Crippen LogP contribution in [0.1, 0.15) is 5.56 Å². The van der Waals surface area contributed by atoms with Crippen LogP contribution in [0.2, 0.25) is 0 Å². The molecule has 38 heavy (non-hydrogen) atoms. The summed E-state index contributed by atoms with van der Waals surface area (Å²) in [4.78, 5) is 5.11. The molecule has 0 radical (unpaired) electrons. The molecule has 7 heteroatoms. The molecule has 6 nitrogen and oxygen atoms in total. The minimum atomic E-state index is 0.624. The van der Waals surface area contributed by atoms with Gasteiger partial charge in [-0.2, -0.15) is 5.10 Å². The second-order valence-corrected chi connectivity index (χ2v) is 9.72. The molecule has 6 aromatic rings. The molecule has 0 unspecified atom stereocenters. The van der Waals surface area contributed by atoms with E-state index in [1.807, 2.05) is 89.6 Å². The minimum absolute atomic E-state index is 0.624. The van der Waals surface area contributed by atoms with Gasteiger partial charge in [0.15, 0.2) is 0 Å². The van der Waals surface area contributed by atoms with Crippen LogP contribution in [0.4, 0.5) is 0 Å². The van der Waals surface area contributed by atoms with Crippen LogP contribution in [0.25, 0.3) is 39.4 Å². The first-order valence-corrected chi connectivity index (χ1v) is 13.0. The van der Waals surface area contributed by atoms with E-state index in [1.165, 1.54) is 0 Å². The largest absolute Gasteiger partial charge is 0.497 e. The number of hydrogen-bond donors (Lipinski definition) is 0. The number of imidazole rings is 1. The normalized spacial score (nSPS) is 11.1. The summed E-state index contributed by atoms with van der Waals surface area (Å²) in [7, 11) is 3.35. The van der Waals surface area contributed by atoms with E-state index >= 15 is 0 Å². The van der Waals surface area contributed by atoms with Gasteiger partial charge in [-0.3, -0.25) is 0 Å². The quantitative estimate of drug-likeness (QED) is 0.203. The molecule has 0 fully saturated rings. The summed E-state index contributed by atoms with van der Waals surface area (Å²) in [6.07, 6.45) is 2.07. The fourth-order valence-electron chi connectivity index (χ4n) is 4.61. The van der Waals surface area contributed by atoms with Crippen molar-refractivity contribution in [3.63, 3.8) is 0 Å². The fraction of sp³-hybridized carbons (Fsp3) is 0.0968. The highest BCUT2D eigenvalue weighted by atomic mass is 79.9. The highest BCUT2D eigenvalue weighted by molar-refractivity contribution is 9.10. The van der Waals surface area contributed by atoms with Crippen LogP contribution in [-0.4, -0.2) is 33.6 Å². The Bertz CT molecular complexity index is 1720. The highest BCUT2D eigenvalue weighted by Gasteiger charge is 2.21. The van der Waals surface area contributed by atoms with Crippen molar-refractivity contribution < 1.29 is 9.47 Å². The van der Waals surface area contributed by atoms with E-state index in [9.17, 15) is 0 Å². The van der Waals surface area contributed by atoms with Gasteiger partial charge in [-0.1, -0.05) is 52.3 Å². The molecule has 6 rings (SSSR count). The number of ether oxygens (including phenoxy) is 2. The molecule has 0 saturated carbocycles. The van der Waals surface area contributed by atoms with Crippen LogP contribution in [-0.2, 0) is 6.54 Å². The zero-order valence-corrected chi connectivity index (χ0v) is 22.6. The van der Waals surface area contributed by atoms with Gasteiger partial charge >= 0.3 is 0 Å². The number of halogens is 1. The number of aromatic nitrogens is 4. The summed E-state index contributed by atoms with van der Waals surface area (Å²) in [5, 5.41) is 5.04. The lowest BCUT2D eigenvalue weighted by atomic mass is 10.1. The lowest BCUT2D eigenvalue weighted by Gasteiger charge is -2.12. The van der Waals surface area contributed by atoms with Crippen molar-refractivity contribution in [1.82, 2.24) is 19.3 Å². The number of benzene rings is 4. The molecule has 0 atom stereocenters. The first-order chi connectivity index (χ1) is 18.6. The average molecular weight is 565 g/mol. The van der Waals surface area contributed by atoms with Crippen molar-refractivity contribution in [2.45, 2.75) is 6.54 Å². The Morgan fingerprint density at radius 3 is 2.24 bits per heavy atom. The molecule has 0 saturated heterocycles. The summed E-state index contributed by atoms with van der Waals surface area (Å²) in [6, 6.07) is 32.4. The topological polar surface area (TPSA) is 54.1 Å². The SMILES string of the molecule is COc1ccc(-c2nn(-c3ccccc3)cc2-c2nc3ccccc3n2Cc2ccc(OC)cc2Br)cc1. The molecule has 2 aromatic heterocycles. The molecule has 0 aliphatic heterocycles. The van der Waals surface area contributed by atoms with E-state index in [-0.39, 0.29) is 0 Å². The molecule has 0 aliphatic rings. The van der Waals surface area contributed by atoms with Crippen molar-refractivity contribution in [3.05, 3.63) is 113 Å². The summed E-state index contributed by atoms with van der Waals surface area (Å²) < 4.78 is 15.9. The predicted octanol–water partition coefficient (Wildman–Crippen LogP) is 7.38. The zero-order chi connectivity index (χ0) is 26.1. The minimum Gasteiger partial charge on any atom is -0.497 e. The van der Waals surface area contributed by atoms with Crippen molar-refractivity contribution in [3.8, 4) is 39.8 Å². The Labute approximate surface area is 229 Å². The number of methoxy groups -OCH3 is 2. The van der Waals surface area contributed by atoms with Crippen LogP contribution in [0.3, 0.4) is 0 Å². The lowest BCUT2D eigenvalue weighted by molar-refractivity contribution is 0.414. The van der Waals surface area contributed by atoms with Crippen LogP contribution in [0, 0.1) is 0 Å². The van der Waals surface area contributed by atoms with Crippen molar-refractivity contribution in [1.29, 1.82) is 0 Å². The fourth-order valence-corrected chi connectivity index (χ4v) is 5.09. The molecule has 2 heterocycles. The Balaban J connectivity index is 1.56. The van der Waals surface area contributed by atoms with Gasteiger partial charge in [-0.05, 0) is 66.2 Å². The van der Waals surface area contributed by atoms with Crippen LogP contribution in [0.15, 0.2) is 108 Å². The Morgan fingerprint density at radius 2 is 1.50 bits per heavy atom. The molecule has 0 spiro atoms. The summed E-state index contributed by atoms with van der Waals surface area (Å²) in [5.74, 6) is 2.46. The Hall–Kier alpha value is -4.36. The van der Waals surface area contributed by atoms with Gasteiger partial charge in [0.2, 0.25) is 0 Å². The van der Waals surface area contributed by atoms with Gasteiger partial charge in [0.05, 0.1) is 43.0 Å². The second-order valence-electron chi connectivity index (χ2n) is 8.87. The average Bonchev–Trinajstić information content (AvgIpc) is 3.57. The van der Waals surface area contributed by atoms with Gasteiger partial charge in [-0.15, -0.1) is 0 Å². The van der Waals surface area contributed by atoms with E-state index in [0.717, 1.165) is 60.9 Å². The van der Waals surface area contributed by atoms with E-state index < -0.39 is 0 Å². The van der Waals surface area contributed by atoms with E-state index in [4.69, 9.17) is 19.6 Å². The molecule has 4 aromatic carbocycles.